The van der Waals surface area contributed by atoms with Crippen molar-refractivity contribution in [2.45, 2.75) is 77.1 Å². The zero-order valence-corrected chi connectivity index (χ0v) is 15.6. The number of esters is 2. The van der Waals surface area contributed by atoms with Crippen LogP contribution in [0.2, 0.25) is 0 Å². The van der Waals surface area contributed by atoms with E-state index in [2.05, 4.69) is 12.2 Å². The van der Waals surface area contributed by atoms with Crippen LogP contribution in [0.15, 0.2) is 0 Å². The van der Waals surface area contributed by atoms with Crippen LogP contribution in [0.5, 0.6) is 0 Å². The van der Waals surface area contributed by atoms with Gasteiger partial charge in [-0.05, 0) is 59.0 Å². The number of likely N-dealkylation sites (tertiary alicyclic amines) is 1. The third-order valence-corrected chi connectivity index (χ3v) is 5.04. The summed E-state index contributed by atoms with van der Waals surface area (Å²) in [5, 5.41) is 3.48. The molecule has 1 N–H and O–H groups in total. The van der Waals surface area contributed by atoms with Gasteiger partial charge in [0.1, 0.15) is 17.7 Å². The van der Waals surface area contributed by atoms with Gasteiger partial charge in [0.2, 0.25) is 0 Å². The van der Waals surface area contributed by atoms with Crippen LogP contribution in [0.3, 0.4) is 0 Å². The fourth-order valence-corrected chi connectivity index (χ4v) is 3.97. The molecule has 1 unspecified atom stereocenters. The average molecular weight is 340 g/mol. The zero-order chi connectivity index (χ0) is 17.9. The minimum atomic E-state index is -0.546. The van der Waals surface area contributed by atoms with Crippen molar-refractivity contribution >= 4 is 11.9 Å². The Bertz CT molecular complexity index is 460. The maximum absolute atomic E-state index is 13.0. The molecule has 138 valence electrons. The second-order valence-electron chi connectivity index (χ2n) is 7.83. The number of carbonyl (C=O) groups excluding carboxylic acids is 2. The van der Waals surface area contributed by atoms with E-state index in [-0.39, 0.29) is 24.0 Å². The summed E-state index contributed by atoms with van der Waals surface area (Å²) in [5.41, 5.74) is -0.546. The Morgan fingerprint density at radius 2 is 2.00 bits per heavy atom. The van der Waals surface area contributed by atoms with E-state index in [1.54, 1.807) is 0 Å². The highest BCUT2D eigenvalue weighted by Gasteiger charge is 2.47. The summed E-state index contributed by atoms with van der Waals surface area (Å²) in [6.45, 7) is 9.41. The molecule has 6 nitrogen and oxygen atoms in total. The third-order valence-electron chi connectivity index (χ3n) is 5.04. The molecular formula is C18H32N2O4. The van der Waals surface area contributed by atoms with Crippen molar-refractivity contribution in [1.82, 2.24) is 10.2 Å². The molecule has 0 aromatic carbocycles. The first kappa shape index (κ1) is 19.2. The Labute approximate surface area is 145 Å². The lowest BCUT2D eigenvalue weighted by atomic mass is 9.90. The summed E-state index contributed by atoms with van der Waals surface area (Å²) in [5.74, 6) is -0.0790. The van der Waals surface area contributed by atoms with Crippen molar-refractivity contribution < 1.29 is 19.1 Å². The van der Waals surface area contributed by atoms with E-state index in [0.29, 0.717) is 5.92 Å². The Kier molecular flexibility index (Phi) is 6.26. The van der Waals surface area contributed by atoms with E-state index in [1.807, 2.05) is 25.7 Å². The number of nitrogens with one attached hydrogen (secondary N) is 1. The Balaban J connectivity index is 2.28. The van der Waals surface area contributed by atoms with Gasteiger partial charge in [-0.3, -0.25) is 14.5 Å². The second kappa shape index (κ2) is 7.83. The van der Waals surface area contributed by atoms with E-state index in [9.17, 15) is 9.59 Å². The van der Waals surface area contributed by atoms with E-state index in [4.69, 9.17) is 9.47 Å². The molecule has 2 aliphatic rings. The van der Waals surface area contributed by atoms with Gasteiger partial charge in [-0.25, -0.2) is 0 Å². The SMILES string of the molecule is CC[C@H]1CCN[C@@H]1C(C(=O)OC(C)(C)C)N1CCC[C@H]1C(=O)OC. The van der Waals surface area contributed by atoms with Crippen LogP contribution in [0.25, 0.3) is 0 Å². The first-order valence-corrected chi connectivity index (χ1v) is 9.08. The van der Waals surface area contributed by atoms with Crippen molar-refractivity contribution in [2.24, 2.45) is 5.92 Å². The molecule has 0 spiro atoms. The predicted molar refractivity (Wildman–Crippen MR) is 91.6 cm³/mol. The number of hydrogen-bond acceptors (Lipinski definition) is 6. The van der Waals surface area contributed by atoms with Crippen LogP contribution >= 0.6 is 0 Å². The van der Waals surface area contributed by atoms with E-state index in [1.165, 1.54) is 7.11 Å². The molecule has 0 radical (unpaired) electrons. The quantitative estimate of drug-likeness (QED) is 0.769. The van der Waals surface area contributed by atoms with Crippen LogP contribution in [0.1, 0.15) is 53.4 Å². The highest BCUT2D eigenvalue weighted by Crippen LogP contribution is 2.31. The van der Waals surface area contributed by atoms with Gasteiger partial charge in [0, 0.05) is 6.04 Å². The average Bonchev–Trinajstić information content (AvgIpc) is 3.14. The number of ether oxygens (including phenoxy) is 2. The number of carbonyl (C=O) groups is 2. The highest BCUT2D eigenvalue weighted by atomic mass is 16.6. The van der Waals surface area contributed by atoms with Gasteiger partial charge >= 0.3 is 11.9 Å². The van der Waals surface area contributed by atoms with Gasteiger partial charge in [0.15, 0.2) is 0 Å². The number of rotatable bonds is 5. The maximum atomic E-state index is 13.0. The first-order valence-electron chi connectivity index (χ1n) is 9.08. The highest BCUT2D eigenvalue weighted by molar-refractivity contribution is 5.81. The summed E-state index contributed by atoms with van der Waals surface area (Å²) >= 11 is 0. The fourth-order valence-electron chi connectivity index (χ4n) is 3.97. The van der Waals surface area contributed by atoms with E-state index < -0.39 is 11.6 Å². The Morgan fingerprint density at radius 1 is 1.29 bits per heavy atom. The van der Waals surface area contributed by atoms with Crippen molar-refractivity contribution in [1.29, 1.82) is 0 Å². The van der Waals surface area contributed by atoms with Gasteiger partial charge in [-0.2, -0.15) is 0 Å². The Morgan fingerprint density at radius 3 is 2.58 bits per heavy atom. The number of hydrogen-bond donors (Lipinski definition) is 1. The van der Waals surface area contributed by atoms with E-state index >= 15 is 0 Å². The molecule has 2 saturated heterocycles. The summed E-state index contributed by atoms with van der Waals surface area (Å²) < 4.78 is 10.7. The van der Waals surface area contributed by atoms with Gasteiger partial charge in [0.25, 0.3) is 0 Å². The molecule has 2 heterocycles. The van der Waals surface area contributed by atoms with Gasteiger partial charge in [0.05, 0.1) is 7.11 Å². The zero-order valence-electron chi connectivity index (χ0n) is 15.6. The smallest absolute Gasteiger partial charge is 0.325 e. The van der Waals surface area contributed by atoms with Gasteiger partial charge < -0.3 is 14.8 Å². The van der Waals surface area contributed by atoms with Crippen molar-refractivity contribution in [2.75, 3.05) is 20.2 Å². The van der Waals surface area contributed by atoms with Crippen molar-refractivity contribution in [3.8, 4) is 0 Å². The normalized spacial score (nSPS) is 29.5. The van der Waals surface area contributed by atoms with Crippen LogP contribution in [0, 0.1) is 5.92 Å². The van der Waals surface area contributed by atoms with Crippen molar-refractivity contribution in [3.63, 3.8) is 0 Å². The minimum Gasteiger partial charge on any atom is -0.468 e. The maximum Gasteiger partial charge on any atom is 0.325 e. The van der Waals surface area contributed by atoms with E-state index in [0.717, 1.165) is 38.8 Å². The summed E-state index contributed by atoms with van der Waals surface area (Å²) in [4.78, 5) is 27.2. The molecular weight excluding hydrogens is 308 g/mol. The molecule has 2 rings (SSSR count). The topological polar surface area (TPSA) is 67.9 Å². The summed E-state index contributed by atoms with van der Waals surface area (Å²) in [6.07, 6.45) is 3.68. The third kappa shape index (κ3) is 4.28. The monoisotopic (exact) mass is 340 g/mol. The Hall–Kier alpha value is -1.14. The van der Waals surface area contributed by atoms with Crippen LogP contribution in [0.4, 0.5) is 0 Å². The molecule has 2 fully saturated rings. The molecule has 24 heavy (non-hydrogen) atoms. The summed E-state index contributed by atoms with van der Waals surface area (Å²) in [7, 11) is 1.41. The molecule has 0 aliphatic carbocycles. The van der Waals surface area contributed by atoms with Crippen LogP contribution in [-0.4, -0.2) is 60.8 Å². The minimum absolute atomic E-state index is 0.0232. The van der Waals surface area contributed by atoms with Gasteiger partial charge in [-0.15, -0.1) is 0 Å². The lowest BCUT2D eigenvalue weighted by molar-refractivity contribution is -0.165. The molecule has 0 aromatic heterocycles. The predicted octanol–water partition coefficient (Wildman–Crippen LogP) is 1.72. The molecule has 0 amide bonds. The molecule has 0 bridgehead atoms. The largest absolute Gasteiger partial charge is 0.468 e. The fraction of sp³-hybridized carbons (Fsp3) is 0.889. The molecule has 0 aromatic rings. The lowest BCUT2D eigenvalue weighted by Gasteiger charge is -2.37. The molecule has 0 saturated carbocycles. The first-order chi connectivity index (χ1) is 11.3. The number of nitrogens with zero attached hydrogens (tertiary/aromatic N) is 1. The molecule has 2 aliphatic heterocycles. The molecule has 4 atom stereocenters. The van der Waals surface area contributed by atoms with Crippen LogP contribution < -0.4 is 5.32 Å². The van der Waals surface area contributed by atoms with Crippen LogP contribution in [-0.2, 0) is 19.1 Å². The molecule has 6 heteroatoms. The van der Waals surface area contributed by atoms with Gasteiger partial charge in [-0.1, -0.05) is 13.3 Å². The second-order valence-corrected chi connectivity index (χ2v) is 7.83. The lowest BCUT2D eigenvalue weighted by Crippen LogP contribution is -2.58. The standard InChI is InChI=1S/C18H32N2O4/c1-6-12-9-10-19-14(12)15(17(22)24-18(2,3)4)20-11-7-8-13(20)16(21)23-5/h12-15,19H,6-11H2,1-5H3/t12-,13-,14-,15?/m0/s1. The summed E-state index contributed by atoms with van der Waals surface area (Å²) in [6, 6.07) is -0.772. The number of methoxy groups -OCH3 is 1. The van der Waals surface area contributed by atoms with Crippen molar-refractivity contribution in [3.05, 3.63) is 0 Å².